The molecule has 0 radical (unpaired) electrons. The first-order valence-electron chi connectivity index (χ1n) is 6.25. The zero-order valence-corrected chi connectivity index (χ0v) is 11.5. The average molecular weight is 296 g/mol. The highest BCUT2D eigenvalue weighted by Crippen LogP contribution is 2.29. The third kappa shape index (κ3) is 3.32. The van der Waals surface area contributed by atoms with Gasteiger partial charge < -0.3 is 5.73 Å². The van der Waals surface area contributed by atoms with Gasteiger partial charge in [0.15, 0.2) is 5.78 Å². The van der Waals surface area contributed by atoms with Crippen LogP contribution in [0.15, 0.2) is 22.7 Å². The first-order valence-corrected chi connectivity index (χ1v) is 7.04. The molecule has 0 unspecified atom stereocenters. The van der Waals surface area contributed by atoms with Gasteiger partial charge in [0.25, 0.3) is 0 Å². The van der Waals surface area contributed by atoms with Crippen molar-refractivity contribution in [1.29, 1.82) is 0 Å². The van der Waals surface area contributed by atoms with Crippen LogP contribution in [0.5, 0.6) is 0 Å². The largest absolute Gasteiger partial charge is 0.398 e. The molecule has 0 saturated heterocycles. The van der Waals surface area contributed by atoms with Gasteiger partial charge in [0, 0.05) is 22.1 Å². The van der Waals surface area contributed by atoms with Crippen LogP contribution in [0.2, 0.25) is 0 Å². The number of anilines is 1. The summed E-state index contributed by atoms with van der Waals surface area (Å²) in [5, 5.41) is 0. The minimum atomic E-state index is 0.190. The molecule has 2 N–H and O–H groups in total. The molecule has 2 nitrogen and oxygen atoms in total. The lowest BCUT2D eigenvalue weighted by molar-refractivity contribution is 0.0951. The van der Waals surface area contributed by atoms with Gasteiger partial charge in [-0.3, -0.25) is 4.79 Å². The van der Waals surface area contributed by atoms with Crippen molar-refractivity contribution in [2.45, 2.75) is 38.5 Å². The fourth-order valence-corrected chi connectivity index (χ4v) is 2.89. The lowest BCUT2D eigenvalue weighted by Crippen LogP contribution is -2.13. The first kappa shape index (κ1) is 12.6. The third-order valence-electron chi connectivity index (χ3n) is 3.51. The minimum absolute atomic E-state index is 0.190. The maximum Gasteiger partial charge on any atom is 0.165 e. The van der Waals surface area contributed by atoms with E-state index in [1.165, 1.54) is 32.1 Å². The van der Waals surface area contributed by atoms with Crippen molar-refractivity contribution in [3.05, 3.63) is 28.2 Å². The van der Waals surface area contributed by atoms with Crippen molar-refractivity contribution in [2.75, 3.05) is 5.73 Å². The van der Waals surface area contributed by atoms with Gasteiger partial charge in [-0.05, 0) is 24.1 Å². The first-order chi connectivity index (χ1) is 8.16. The van der Waals surface area contributed by atoms with E-state index in [9.17, 15) is 4.79 Å². The molecule has 0 heterocycles. The molecule has 0 amide bonds. The third-order valence-corrected chi connectivity index (χ3v) is 4.01. The van der Waals surface area contributed by atoms with E-state index in [0.717, 1.165) is 4.47 Å². The lowest BCUT2D eigenvalue weighted by Gasteiger charge is -2.20. The summed E-state index contributed by atoms with van der Waals surface area (Å²) in [4.78, 5) is 12.2. The van der Waals surface area contributed by atoms with Gasteiger partial charge in [0.1, 0.15) is 0 Å². The highest BCUT2D eigenvalue weighted by atomic mass is 79.9. The summed E-state index contributed by atoms with van der Waals surface area (Å²) < 4.78 is 0.915. The number of nitrogens with two attached hydrogens (primary N) is 1. The predicted octanol–water partition coefficient (Wildman–Crippen LogP) is 4.18. The Kier molecular flexibility index (Phi) is 4.21. The number of ketones is 1. The second-order valence-corrected chi connectivity index (χ2v) is 5.78. The highest BCUT2D eigenvalue weighted by molar-refractivity contribution is 9.10. The van der Waals surface area contributed by atoms with Crippen molar-refractivity contribution < 1.29 is 4.79 Å². The van der Waals surface area contributed by atoms with Crippen LogP contribution in [-0.2, 0) is 0 Å². The van der Waals surface area contributed by atoms with Gasteiger partial charge >= 0.3 is 0 Å². The van der Waals surface area contributed by atoms with Gasteiger partial charge in [-0.1, -0.05) is 48.0 Å². The summed E-state index contributed by atoms with van der Waals surface area (Å²) in [5.41, 5.74) is 7.12. The molecule has 0 aliphatic heterocycles. The predicted molar refractivity (Wildman–Crippen MR) is 74.1 cm³/mol. The number of benzene rings is 1. The molecule has 1 fully saturated rings. The number of carbonyl (C=O) groups excluding carboxylic acids is 1. The van der Waals surface area contributed by atoms with E-state index in [1.54, 1.807) is 6.07 Å². The van der Waals surface area contributed by atoms with E-state index in [0.29, 0.717) is 23.6 Å². The number of rotatable bonds is 3. The van der Waals surface area contributed by atoms with E-state index in [1.807, 2.05) is 12.1 Å². The lowest BCUT2D eigenvalue weighted by atomic mass is 9.84. The molecule has 1 aliphatic rings. The summed E-state index contributed by atoms with van der Waals surface area (Å²) in [7, 11) is 0. The van der Waals surface area contributed by atoms with Crippen molar-refractivity contribution in [2.24, 2.45) is 5.92 Å². The van der Waals surface area contributed by atoms with E-state index in [4.69, 9.17) is 5.73 Å². The summed E-state index contributed by atoms with van der Waals surface area (Å²) in [5.74, 6) is 0.755. The van der Waals surface area contributed by atoms with Crippen LogP contribution in [0.1, 0.15) is 48.9 Å². The summed E-state index contributed by atoms with van der Waals surface area (Å²) >= 11 is 3.38. The molecular formula is C14H18BrNO. The summed E-state index contributed by atoms with van der Waals surface area (Å²) in [6, 6.07) is 5.49. The normalized spacial score (nSPS) is 17.0. The van der Waals surface area contributed by atoms with Gasteiger partial charge in [-0.15, -0.1) is 0 Å². The zero-order chi connectivity index (χ0) is 12.3. The van der Waals surface area contributed by atoms with Crippen molar-refractivity contribution in [3.63, 3.8) is 0 Å². The summed E-state index contributed by atoms with van der Waals surface area (Å²) in [6.45, 7) is 0. The van der Waals surface area contributed by atoms with E-state index in [2.05, 4.69) is 15.9 Å². The van der Waals surface area contributed by atoms with Crippen LogP contribution in [0.4, 0.5) is 5.69 Å². The van der Waals surface area contributed by atoms with Gasteiger partial charge in [0.2, 0.25) is 0 Å². The molecule has 17 heavy (non-hydrogen) atoms. The quantitative estimate of drug-likeness (QED) is 0.671. The van der Waals surface area contributed by atoms with Gasteiger partial charge in [-0.2, -0.15) is 0 Å². The minimum Gasteiger partial charge on any atom is -0.398 e. The molecule has 0 spiro atoms. The molecular weight excluding hydrogens is 278 g/mol. The Hall–Kier alpha value is -0.830. The molecule has 0 bridgehead atoms. The molecule has 92 valence electrons. The fourth-order valence-electron chi connectivity index (χ4n) is 2.53. The zero-order valence-electron chi connectivity index (χ0n) is 9.92. The Morgan fingerprint density at radius 3 is 2.71 bits per heavy atom. The number of carbonyl (C=O) groups is 1. The Labute approximate surface area is 111 Å². The fraction of sp³-hybridized carbons (Fsp3) is 0.500. The molecule has 3 heteroatoms. The highest BCUT2D eigenvalue weighted by Gasteiger charge is 2.19. The molecule has 1 aromatic carbocycles. The van der Waals surface area contributed by atoms with Gasteiger partial charge in [0.05, 0.1) is 0 Å². The van der Waals surface area contributed by atoms with Crippen LogP contribution < -0.4 is 5.73 Å². The van der Waals surface area contributed by atoms with Crippen molar-refractivity contribution >= 4 is 27.4 Å². The monoisotopic (exact) mass is 295 g/mol. The molecule has 2 rings (SSSR count). The second-order valence-electron chi connectivity index (χ2n) is 4.86. The number of nitrogen functional groups attached to an aromatic ring is 1. The van der Waals surface area contributed by atoms with Crippen molar-refractivity contribution in [1.82, 2.24) is 0 Å². The average Bonchev–Trinajstić information content (AvgIpc) is 2.33. The van der Waals surface area contributed by atoms with Crippen LogP contribution in [0, 0.1) is 5.92 Å². The number of halogens is 1. The van der Waals surface area contributed by atoms with Crippen LogP contribution in [0.25, 0.3) is 0 Å². The molecule has 0 aromatic heterocycles. The number of Topliss-reactive ketones (excluding diaryl/α,β-unsaturated/α-hetero) is 1. The number of hydrogen-bond donors (Lipinski definition) is 1. The van der Waals surface area contributed by atoms with Gasteiger partial charge in [-0.25, -0.2) is 0 Å². The Morgan fingerprint density at radius 1 is 1.29 bits per heavy atom. The molecule has 1 saturated carbocycles. The van der Waals surface area contributed by atoms with Crippen LogP contribution in [0.3, 0.4) is 0 Å². The Bertz CT molecular complexity index is 411. The second kappa shape index (κ2) is 5.67. The van der Waals surface area contributed by atoms with E-state index < -0.39 is 0 Å². The molecule has 1 aliphatic carbocycles. The SMILES string of the molecule is Nc1ccc(Br)cc1C(=O)CC1CCCCC1. The van der Waals surface area contributed by atoms with E-state index in [-0.39, 0.29) is 5.78 Å². The summed E-state index contributed by atoms with van der Waals surface area (Å²) in [6.07, 6.45) is 6.90. The maximum atomic E-state index is 12.2. The topological polar surface area (TPSA) is 43.1 Å². The standard InChI is InChI=1S/C14H18BrNO/c15-11-6-7-13(16)12(9-11)14(17)8-10-4-2-1-3-5-10/h6-7,9-10H,1-5,8,16H2. The number of hydrogen-bond acceptors (Lipinski definition) is 2. The maximum absolute atomic E-state index is 12.2. The molecule has 1 aromatic rings. The Morgan fingerprint density at radius 2 is 2.00 bits per heavy atom. The smallest absolute Gasteiger partial charge is 0.165 e. The van der Waals surface area contributed by atoms with Crippen molar-refractivity contribution in [3.8, 4) is 0 Å². The van der Waals surface area contributed by atoms with E-state index >= 15 is 0 Å². The van der Waals surface area contributed by atoms with Crippen LogP contribution >= 0.6 is 15.9 Å². The van der Waals surface area contributed by atoms with Crippen LogP contribution in [-0.4, -0.2) is 5.78 Å². The Balaban J connectivity index is 2.05. The molecule has 0 atom stereocenters.